The van der Waals surface area contributed by atoms with Gasteiger partial charge in [-0.1, -0.05) is 6.07 Å². The van der Waals surface area contributed by atoms with Gasteiger partial charge in [-0.2, -0.15) is 0 Å². The Hall–Kier alpha value is -1.02. The molecule has 16 heavy (non-hydrogen) atoms. The molecule has 2 rings (SSSR count). The first-order valence-corrected chi connectivity index (χ1v) is 6.19. The average Bonchev–Trinajstić information content (AvgIpc) is 2.63. The van der Waals surface area contributed by atoms with Crippen LogP contribution in [0.25, 0.3) is 0 Å². The van der Waals surface area contributed by atoms with E-state index in [2.05, 4.69) is 25.1 Å². The van der Waals surface area contributed by atoms with Crippen LogP contribution < -0.4 is 10.5 Å². The van der Waals surface area contributed by atoms with E-state index in [1.54, 1.807) is 0 Å². The lowest BCUT2D eigenvalue weighted by Crippen LogP contribution is -2.24. The number of aryl methyl sites for hydroxylation is 2. The largest absolute Gasteiger partial charge is 0.491 e. The summed E-state index contributed by atoms with van der Waals surface area (Å²) in [5, 5.41) is 0. The van der Waals surface area contributed by atoms with E-state index in [-0.39, 0.29) is 12.1 Å². The number of hydrogen-bond acceptors (Lipinski definition) is 2. The Morgan fingerprint density at radius 2 is 2.00 bits per heavy atom. The molecule has 0 radical (unpaired) electrons. The summed E-state index contributed by atoms with van der Waals surface area (Å²) in [7, 11) is 0. The van der Waals surface area contributed by atoms with Crippen LogP contribution in [0, 0.1) is 0 Å². The molecule has 0 aromatic heterocycles. The molecule has 0 saturated heterocycles. The quantitative estimate of drug-likeness (QED) is 0.845. The molecule has 1 aliphatic carbocycles. The number of fused-ring (bicyclic) bond motifs is 1. The Morgan fingerprint density at radius 3 is 2.75 bits per heavy atom. The first-order chi connectivity index (χ1) is 7.65. The van der Waals surface area contributed by atoms with E-state index in [0.29, 0.717) is 0 Å². The van der Waals surface area contributed by atoms with Crippen LogP contribution in [0.1, 0.15) is 37.8 Å². The lowest BCUT2D eigenvalue weighted by Gasteiger charge is -2.17. The molecule has 0 spiro atoms. The van der Waals surface area contributed by atoms with Gasteiger partial charge in [0.2, 0.25) is 0 Å². The number of nitrogens with two attached hydrogens (primary N) is 1. The maximum atomic E-state index is 5.87. The zero-order valence-electron chi connectivity index (χ0n) is 10.2. The SMILES string of the molecule is CC(N)CC(C)Oc1ccc2c(c1)CCC2. The van der Waals surface area contributed by atoms with E-state index >= 15 is 0 Å². The Morgan fingerprint density at radius 1 is 1.25 bits per heavy atom. The van der Waals surface area contributed by atoms with Gasteiger partial charge in [0.1, 0.15) is 5.75 Å². The summed E-state index contributed by atoms with van der Waals surface area (Å²) >= 11 is 0. The fraction of sp³-hybridized carbons (Fsp3) is 0.571. The van der Waals surface area contributed by atoms with Crippen molar-refractivity contribution in [2.24, 2.45) is 5.73 Å². The minimum Gasteiger partial charge on any atom is -0.491 e. The van der Waals surface area contributed by atoms with Crippen molar-refractivity contribution >= 4 is 0 Å². The van der Waals surface area contributed by atoms with Crippen molar-refractivity contribution in [3.05, 3.63) is 29.3 Å². The highest BCUT2D eigenvalue weighted by Crippen LogP contribution is 2.26. The van der Waals surface area contributed by atoms with Crippen LogP contribution in [0.4, 0.5) is 0 Å². The number of rotatable bonds is 4. The topological polar surface area (TPSA) is 35.2 Å². The summed E-state index contributed by atoms with van der Waals surface area (Å²) in [6.45, 7) is 4.10. The standard InChI is InChI=1S/C14H21NO/c1-10(15)8-11(2)16-14-7-6-12-4-3-5-13(12)9-14/h6-7,9-11H,3-5,8,15H2,1-2H3. The number of benzene rings is 1. The number of hydrogen-bond donors (Lipinski definition) is 1. The summed E-state index contributed by atoms with van der Waals surface area (Å²) < 4.78 is 5.87. The maximum Gasteiger partial charge on any atom is 0.119 e. The van der Waals surface area contributed by atoms with Crippen LogP contribution in [0.15, 0.2) is 18.2 Å². The van der Waals surface area contributed by atoms with Gasteiger partial charge in [-0.3, -0.25) is 0 Å². The molecule has 2 nitrogen and oxygen atoms in total. The summed E-state index contributed by atoms with van der Waals surface area (Å²) in [5.41, 5.74) is 8.71. The fourth-order valence-corrected chi connectivity index (χ4v) is 2.43. The van der Waals surface area contributed by atoms with Gasteiger partial charge >= 0.3 is 0 Å². The van der Waals surface area contributed by atoms with E-state index in [1.165, 1.54) is 30.4 Å². The molecule has 2 heteroatoms. The number of ether oxygens (including phenoxy) is 1. The molecular formula is C14H21NO. The molecule has 0 aliphatic heterocycles. The van der Waals surface area contributed by atoms with Gasteiger partial charge in [-0.25, -0.2) is 0 Å². The van der Waals surface area contributed by atoms with Crippen molar-refractivity contribution < 1.29 is 4.74 Å². The molecule has 0 amide bonds. The van der Waals surface area contributed by atoms with Crippen molar-refractivity contribution in [1.82, 2.24) is 0 Å². The van der Waals surface area contributed by atoms with Crippen LogP contribution in [0.2, 0.25) is 0 Å². The van der Waals surface area contributed by atoms with E-state index < -0.39 is 0 Å². The maximum absolute atomic E-state index is 5.87. The fourth-order valence-electron chi connectivity index (χ4n) is 2.43. The molecule has 88 valence electrons. The monoisotopic (exact) mass is 219 g/mol. The van der Waals surface area contributed by atoms with Crippen molar-refractivity contribution in [2.45, 2.75) is 51.7 Å². The third-order valence-corrected chi connectivity index (χ3v) is 3.11. The minimum atomic E-state index is 0.194. The van der Waals surface area contributed by atoms with Gasteiger partial charge in [0.05, 0.1) is 6.10 Å². The second-order valence-electron chi connectivity index (χ2n) is 4.93. The first-order valence-electron chi connectivity index (χ1n) is 6.19. The lowest BCUT2D eigenvalue weighted by molar-refractivity contribution is 0.203. The molecule has 0 bridgehead atoms. The van der Waals surface area contributed by atoms with Crippen LogP contribution in [-0.2, 0) is 12.8 Å². The minimum absolute atomic E-state index is 0.194. The molecule has 2 unspecified atom stereocenters. The third kappa shape index (κ3) is 2.76. The smallest absolute Gasteiger partial charge is 0.119 e. The van der Waals surface area contributed by atoms with Crippen molar-refractivity contribution in [3.8, 4) is 5.75 Å². The Balaban J connectivity index is 1.99. The zero-order chi connectivity index (χ0) is 11.5. The van der Waals surface area contributed by atoms with Gasteiger partial charge in [0.15, 0.2) is 0 Å². The highest BCUT2D eigenvalue weighted by Gasteiger charge is 2.12. The zero-order valence-corrected chi connectivity index (χ0v) is 10.2. The molecule has 1 aromatic carbocycles. The van der Waals surface area contributed by atoms with Crippen molar-refractivity contribution in [1.29, 1.82) is 0 Å². The van der Waals surface area contributed by atoms with Gasteiger partial charge in [0, 0.05) is 6.04 Å². The predicted octanol–water partition coefficient (Wildman–Crippen LogP) is 2.68. The van der Waals surface area contributed by atoms with E-state index in [1.807, 2.05) is 6.92 Å². The molecule has 1 aromatic rings. The summed E-state index contributed by atoms with van der Waals surface area (Å²) in [6.07, 6.45) is 4.81. The third-order valence-electron chi connectivity index (χ3n) is 3.11. The van der Waals surface area contributed by atoms with E-state index in [9.17, 15) is 0 Å². The van der Waals surface area contributed by atoms with E-state index in [4.69, 9.17) is 10.5 Å². The second-order valence-corrected chi connectivity index (χ2v) is 4.93. The molecular weight excluding hydrogens is 198 g/mol. The van der Waals surface area contributed by atoms with E-state index in [0.717, 1.165) is 12.2 Å². The molecule has 2 atom stereocenters. The first kappa shape index (κ1) is 11.5. The van der Waals surface area contributed by atoms with Gasteiger partial charge in [-0.15, -0.1) is 0 Å². The molecule has 2 N–H and O–H groups in total. The molecule has 0 saturated carbocycles. The molecule has 0 fully saturated rings. The van der Waals surface area contributed by atoms with Crippen LogP contribution in [-0.4, -0.2) is 12.1 Å². The summed E-state index contributed by atoms with van der Waals surface area (Å²) in [6, 6.07) is 6.68. The Bertz CT molecular complexity index is 360. The van der Waals surface area contributed by atoms with Gasteiger partial charge in [-0.05, 0) is 62.8 Å². The van der Waals surface area contributed by atoms with Gasteiger partial charge in [0.25, 0.3) is 0 Å². The summed E-state index contributed by atoms with van der Waals surface area (Å²) in [5.74, 6) is 0.994. The molecule has 0 heterocycles. The van der Waals surface area contributed by atoms with Crippen LogP contribution in [0.5, 0.6) is 5.75 Å². The Labute approximate surface area is 97.8 Å². The van der Waals surface area contributed by atoms with Crippen molar-refractivity contribution in [2.75, 3.05) is 0 Å². The lowest BCUT2D eigenvalue weighted by atomic mass is 10.1. The van der Waals surface area contributed by atoms with Gasteiger partial charge < -0.3 is 10.5 Å². The average molecular weight is 219 g/mol. The van der Waals surface area contributed by atoms with Crippen LogP contribution >= 0.6 is 0 Å². The van der Waals surface area contributed by atoms with Crippen LogP contribution in [0.3, 0.4) is 0 Å². The summed E-state index contributed by atoms with van der Waals surface area (Å²) in [4.78, 5) is 0. The molecule has 1 aliphatic rings. The Kier molecular flexibility index (Phi) is 3.49. The normalized spacial score (nSPS) is 17.9. The predicted molar refractivity (Wildman–Crippen MR) is 66.8 cm³/mol. The highest BCUT2D eigenvalue weighted by molar-refractivity contribution is 5.38. The van der Waals surface area contributed by atoms with Crippen molar-refractivity contribution in [3.63, 3.8) is 0 Å². The second kappa shape index (κ2) is 4.88. The highest BCUT2D eigenvalue weighted by atomic mass is 16.5.